The van der Waals surface area contributed by atoms with Crippen molar-refractivity contribution in [3.8, 4) is 0 Å². The fourth-order valence-corrected chi connectivity index (χ4v) is 1.99. The lowest BCUT2D eigenvalue weighted by Crippen LogP contribution is -2.40. The molecule has 1 aromatic rings. The Balaban J connectivity index is 2.06. The van der Waals surface area contributed by atoms with Crippen LogP contribution in [0.2, 0.25) is 0 Å². The van der Waals surface area contributed by atoms with Gasteiger partial charge < -0.3 is 9.64 Å². The largest absolute Gasteiger partial charge is 0.469 e. The molecule has 1 atom stereocenters. The second-order valence-corrected chi connectivity index (χ2v) is 4.01. The van der Waals surface area contributed by atoms with E-state index in [0.29, 0.717) is 12.5 Å². The molecule has 0 radical (unpaired) electrons. The number of rotatable bonds is 2. The highest BCUT2D eigenvalue weighted by Gasteiger charge is 2.27. The van der Waals surface area contributed by atoms with Gasteiger partial charge in [-0.2, -0.15) is 0 Å². The molecule has 92 valence electrons. The van der Waals surface area contributed by atoms with Crippen molar-refractivity contribution in [3.05, 3.63) is 18.2 Å². The zero-order chi connectivity index (χ0) is 12.3. The van der Waals surface area contributed by atoms with Crippen molar-refractivity contribution >= 4 is 11.9 Å². The van der Waals surface area contributed by atoms with Crippen LogP contribution in [-0.4, -0.2) is 36.1 Å². The quantitative estimate of drug-likeness (QED) is 0.721. The van der Waals surface area contributed by atoms with Crippen LogP contribution in [0.5, 0.6) is 0 Å². The summed E-state index contributed by atoms with van der Waals surface area (Å²) in [6.45, 7) is 1.30. The van der Waals surface area contributed by atoms with E-state index in [9.17, 15) is 9.18 Å². The molecule has 0 amide bonds. The molecule has 5 nitrogen and oxygen atoms in total. The lowest BCUT2D eigenvalue weighted by molar-refractivity contribution is -0.145. The topological polar surface area (TPSA) is 55.3 Å². The summed E-state index contributed by atoms with van der Waals surface area (Å²) >= 11 is 0. The normalized spacial score (nSPS) is 20.1. The molecule has 2 rings (SSSR count). The standard InChI is InChI=1S/C11H14FN3O2/c1-17-10(16)8-3-2-4-15(7-8)11-13-5-9(12)6-14-11/h5-6,8H,2-4,7H2,1H3. The Kier molecular flexibility index (Phi) is 3.51. The summed E-state index contributed by atoms with van der Waals surface area (Å²) in [4.78, 5) is 21.1. The van der Waals surface area contributed by atoms with Crippen molar-refractivity contribution in [2.75, 3.05) is 25.1 Å². The summed E-state index contributed by atoms with van der Waals surface area (Å²) in [6, 6.07) is 0. The summed E-state index contributed by atoms with van der Waals surface area (Å²) in [5.74, 6) is -0.366. The molecule has 1 aliphatic rings. The molecule has 0 bridgehead atoms. The number of hydrogen-bond acceptors (Lipinski definition) is 5. The minimum atomic E-state index is -0.463. The first-order valence-electron chi connectivity index (χ1n) is 5.51. The maximum atomic E-state index is 12.7. The summed E-state index contributed by atoms with van der Waals surface area (Å²) in [6.07, 6.45) is 3.94. The summed E-state index contributed by atoms with van der Waals surface area (Å²) in [5, 5.41) is 0. The van der Waals surface area contributed by atoms with Gasteiger partial charge in [-0.05, 0) is 12.8 Å². The Morgan fingerprint density at radius 1 is 1.53 bits per heavy atom. The number of methoxy groups -OCH3 is 1. The lowest BCUT2D eigenvalue weighted by atomic mass is 9.98. The van der Waals surface area contributed by atoms with Gasteiger partial charge in [0, 0.05) is 13.1 Å². The number of aromatic nitrogens is 2. The first-order valence-corrected chi connectivity index (χ1v) is 5.51. The molecule has 1 saturated heterocycles. The molecule has 0 spiro atoms. The van der Waals surface area contributed by atoms with Crippen molar-refractivity contribution < 1.29 is 13.9 Å². The highest BCUT2D eigenvalue weighted by Crippen LogP contribution is 2.20. The zero-order valence-electron chi connectivity index (χ0n) is 9.60. The van der Waals surface area contributed by atoms with E-state index < -0.39 is 5.82 Å². The summed E-state index contributed by atoms with van der Waals surface area (Å²) in [7, 11) is 1.38. The predicted molar refractivity (Wildman–Crippen MR) is 58.9 cm³/mol. The third-order valence-electron chi connectivity index (χ3n) is 2.85. The molecule has 0 N–H and O–H groups in total. The molecule has 1 aromatic heterocycles. The van der Waals surface area contributed by atoms with Gasteiger partial charge in [0.15, 0.2) is 5.82 Å². The third-order valence-corrected chi connectivity index (χ3v) is 2.85. The molecule has 1 aliphatic heterocycles. The second kappa shape index (κ2) is 5.07. The first kappa shape index (κ1) is 11.8. The molecule has 0 aliphatic carbocycles. The lowest BCUT2D eigenvalue weighted by Gasteiger charge is -2.31. The van der Waals surface area contributed by atoms with Crippen LogP contribution in [0.1, 0.15) is 12.8 Å². The van der Waals surface area contributed by atoms with Gasteiger partial charge in [0.1, 0.15) is 0 Å². The minimum Gasteiger partial charge on any atom is -0.469 e. The van der Waals surface area contributed by atoms with Gasteiger partial charge >= 0.3 is 5.97 Å². The number of anilines is 1. The van der Waals surface area contributed by atoms with Crippen molar-refractivity contribution in [1.82, 2.24) is 9.97 Å². The minimum absolute atomic E-state index is 0.151. The molecule has 17 heavy (non-hydrogen) atoms. The average Bonchev–Trinajstić information content (AvgIpc) is 2.39. The number of halogens is 1. The van der Waals surface area contributed by atoms with Crippen LogP contribution in [-0.2, 0) is 9.53 Å². The Hall–Kier alpha value is -1.72. The van der Waals surface area contributed by atoms with E-state index in [4.69, 9.17) is 4.74 Å². The van der Waals surface area contributed by atoms with Crippen molar-refractivity contribution in [2.24, 2.45) is 5.92 Å². The summed E-state index contributed by atoms with van der Waals surface area (Å²) < 4.78 is 17.4. The predicted octanol–water partition coefficient (Wildman–Crippen LogP) is 1.01. The Bertz CT molecular complexity index is 396. The maximum Gasteiger partial charge on any atom is 0.310 e. The van der Waals surface area contributed by atoms with Crippen LogP contribution >= 0.6 is 0 Å². The van der Waals surface area contributed by atoms with Gasteiger partial charge in [-0.25, -0.2) is 14.4 Å². The van der Waals surface area contributed by atoms with E-state index in [1.807, 2.05) is 4.90 Å². The first-order chi connectivity index (χ1) is 8.20. The number of piperidine rings is 1. The molecule has 6 heteroatoms. The van der Waals surface area contributed by atoms with Gasteiger partial charge in [0.25, 0.3) is 0 Å². The van der Waals surface area contributed by atoms with Crippen LogP contribution < -0.4 is 4.90 Å². The molecule has 1 fully saturated rings. The van der Waals surface area contributed by atoms with Crippen molar-refractivity contribution in [1.29, 1.82) is 0 Å². The fourth-order valence-electron chi connectivity index (χ4n) is 1.99. The van der Waals surface area contributed by atoms with Gasteiger partial charge in [-0.15, -0.1) is 0 Å². The van der Waals surface area contributed by atoms with Crippen LogP contribution in [0.25, 0.3) is 0 Å². The monoisotopic (exact) mass is 239 g/mol. The van der Waals surface area contributed by atoms with Crippen LogP contribution in [0.15, 0.2) is 12.4 Å². The average molecular weight is 239 g/mol. The number of esters is 1. The highest BCUT2D eigenvalue weighted by molar-refractivity contribution is 5.73. The SMILES string of the molecule is COC(=O)C1CCCN(c2ncc(F)cn2)C1. The Labute approximate surface area is 98.6 Å². The molecule has 1 unspecified atom stereocenters. The van der Waals surface area contributed by atoms with Gasteiger partial charge in [-0.1, -0.05) is 0 Å². The number of carbonyl (C=O) groups excluding carboxylic acids is 1. The van der Waals surface area contributed by atoms with E-state index in [2.05, 4.69) is 9.97 Å². The van der Waals surface area contributed by atoms with Crippen LogP contribution in [0.3, 0.4) is 0 Å². The van der Waals surface area contributed by atoms with E-state index in [-0.39, 0.29) is 11.9 Å². The maximum absolute atomic E-state index is 12.7. The Morgan fingerprint density at radius 3 is 2.88 bits per heavy atom. The smallest absolute Gasteiger partial charge is 0.310 e. The van der Waals surface area contributed by atoms with E-state index in [1.165, 1.54) is 7.11 Å². The van der Waals surface area contributed by atoms with Gasteiger partial charge in [0.2, 0.25) is 5.95 Å². The van der Waals surface area contributed by atoms with Crippen molar-refractivity contribution in [3.63, 3.8) is 0 Å². The van der Waals surface area contributed by atoms with Gasteiger partial charge in [0.05, 0.1) is 25.4 Å². The highest BCUT2D eigenvalue weighted by atomic mass is 19.1. The van der Waals surface area contributed by atoms with E-state index in [0.717, 1.165) is 31.8 Å². The third kappa shape index (κ3) is 2.69. The van der Waals surface area contributed by atoms with Crippen LogP contribution in [0, 0.1) is 11.7 Å². The number of hydrogen-bond donors (Lipinski definition) is 0. The summed E-state index contributed by atoms with van der Waals surface area (Å²) in [5.41, 5.74) is 0. The second-order valence-electron chi connectivity index (χ2n) is 4.01. The molecular formula is C11H14FN3O2. The Morgan fingerprint density at radius 2 is 2.24 bits per heavy atom. The van der Waals surface area contributed by atoms with Gasteiger partial charge in [-0.3, -0.25) is 4.79 Å². The fraction of sp³-hybridized carbons (Fsp3) is 0.545. The van der Waals surface area contributed by atoms with Crippen molar-refractivity contribution in [2.45, 2.75) is 12.8 Å². The number of nitrogens with zero attached hydrogens (tertiary/aromatic N) is 3. The number of ether oxygens (including phenoxy) is 1. The molecule has 2 heterocycles. The zero-order valence-corrected chi connectivity index (χ0v) is 9.60. The van der Waals surface area contributed by atoms with E-state index >= 15 is 0 Å². The molecular weight excluding hydrogens is 225 g/mol. The van der Waals surface area contributed by atoms with E-state index in [1.54, 1.807) is 0 Å². The van der Waals surface area contributed by atoms with Crippen LogP contribution in [0.4, 0.5) is 10.3 Å². The molecule has 0 aromatic carbocycles. The number of carbonyl (C=O) groups is 1. The molecule has 0 saturated carbocycles.